The van der Waals surface area contributed by atoms with Crippen LogP contribution in [-0.4, -0.2) is 36.9 Å². The van der Waals surface area contributed by atoms with Gasteiger partial charge in [0.05, 0.1) is 18.0 Å². The maximum absolute atomic E-state index is 12.4. The molecule has 5 heteroatoms. The molecule has 1 amide bonds. The van der Waals surface area contributed by atoms with Crippen molar-refractivity contribution in [1.29, 1.82) is 0 Å². The average Bonchev–Trinajstić information content (AvgIpc) is 2.36. The van der Waals surface area contributed by atoms with Crippen LogP contribution in [0.3, 0.4) is 0 Å². The fourth-order valence-electron chi connectivity index (χ4n) is 1.58. The number of aliphatic hydroxyl groups is 1. The lowest BCUT2D eigenvalue weighted by atomic mass is 10.1. The number of rotatable bonds is 5. The Morgan fingerprint density at radius 1 is 1.44 bits per heavy atom. The van der Waals surface area contributed by atoms with E-state index < -0.39 is 5.60 Å². The predicted octanol–water partition coefficient (Wildman–Crippen LogP) is 1.02. The number of anilines is 2. The minimum Gasteiger partial charge on any atom is -0.397 e. The quantitative estimate of drug-likeness (QED) is 0.767. The van der Waals surface area contributed by atoms with E-state index in [1.807, 2.05) is 0 Å². The van der Waals surface area contributed by atoms with Crippen LogP contribution in [0.2, 0.25) is 0 Å². The highest BCUT2D eigenvalue weighted by Gasteiger charge is 2.33. The van der Waals surface area contributed by atoms with Crippen molar-refractivity contribution < 1.29 is 14.6 Å². The SMILES string of the molecule is COC(C)(C)C(=O)N(CCO)c1ccccc1N. The van der Waals surface area contributed by atoms with E-state index in [0.717, 1.165) is 0 Å². The number of aliphatic hydroxyl groups excluding tert-OH is 1. The van der Waals surface area contributed by atoms with Crippen LogP contribution in [-0.2, 0) is 9.53 Å². The number of nitrogens with two attached hydrogens (primary N) is 1. The molecule has 0 aliphatic heterocycles. The van der Waals surface area contributed by atoms with Crippen LogP contribution >= 0.6 is 0 Å². The number of nitrogen functional groups attached to an aromatic ring is 1. The van der Waals surface area contributed by atoms with Crippen LogP contribution in [0.5, 0.6) is 0 Å². The van der Waals surface area contributed by atoms with E-state index in [1.165, 1.54) is 12.0 Å². The lowest BCUT2D eigenvalue weighted by Gasteiger charge is -2.31. The summed E-state index contributed by atoms with van der Waals surface area (Å²) in [5.41, 5.74) is 5.97. The van der Waals surface area contributed by atoms with Gasteiger partial charge in [0.25, 0.3) is 5.91 Å². The molecule has 5 nitrogen and oxygen atoms in total. The van der Waals surface area contributed by atoms with E-state index in [0.29, 0.717) is 11.4 Å². The molecular formula is C13H20N2O3. The van der Waals surface area contributed by atoms with Crippen molar-refractivity contribution in [3.63, 3.8) is 0 Å². The second-order valence-electron chi connectivity index (χ2n) is 4.45. The minimum absolute atomic E-state index is 0.139. The average molecular weight is 252 g/mol. The second-order valence-corrected chi connectivity index (χ2v) is 4.45. The van der Waals surface area contributed by atoms with Gasteiger partial charge in [-0.2, -0.15) is 0 Å². The Morgan fingerprint density at radius 3 is 2.56 bits per heavy atom. The summed E-state index contributed by atoms with van der Waals surface area (Å²) >= 11 is 0. The van der Waals surface area contributed by atoms with Crippen molar-refractivity contribution in [2.75, 3.05) is 30.9 Å². The van der Waals surface area contributed by atoms with E-state index in [9.17, 15) is 4.79 Å². The fourth-order valence-corrected chi connectivity index (χ4v) is 1.58. The maximum atomic E-state index is 12.4. The lowest BCUT2D eigenvalue weighted by Crippen LogP contribution is -2.48. The first-order chi connectivity index (χ1) is 8.44. The van der Waals surface area contributed by atoms with E-state index >= 15 is 0 Å². The molecule has 0 unspecified atom stereocenters. The van der Waals surface area contributed by atoms with Gasteiger partial charge >= 0.3 is 0 Å². The first kappa shape index (κ1) is 14.5. The van der Waals surface area contributed by atoms with Crippen LogP contribution < -0.4 is 10.6 Å². The molecule has 100 valence electrons. The van der Waals surface area contributed by atoms with Crippen molar-refractivity contribution in [2.45, 2.75) is 19.4 Å². The summed E-state index contributed by atoms with van der Waals surface area (Å²) in [6, 6.07) is 7.05. The third-order valence-corrected chi connectivity index (χ3v) is 2.82. The highest BCUT2D eigenvalue weighted by Crippen LogP contribution is 2.25. The van der Waals surface area contributed by atoms with Gasteiger partial charge in [-0.25, -0.2) is 0 Å². The molecule has 0 saturated heterocycles. The van der Waals surface area contributed by atoms with Crippen LogP contribution in [0.4, 0.5) is 11.4 Å². The molecule has 0 atom stereocenters. The smallest absolute Gasteiger partial charge is 0.258 e. The molecule has 3 N–H and O–H groups in total. The Kier molecular flexibility index (Phi) is 4.69. The van der Waals surface area contributed by atoms with Gasteiger partial charge in [0.1, 0.15) is 5.60 Å². The largest absolute Gasteiger partial charge is 0.397 e. The number of ether oxygens (including phenoxy) is 1. The summed E-state index contributed by atoms with van der Waals surface area (Å²) in [5.74, 6) is -0.239. The van der Waals surface area contributed by atoms with Crippen LogP contribution in [0, 0.1) is 0 Å². The van der Waals surface area contributed by atoms with Crippen LogP contribution in [0.15, 0.2) is 24.3 Å². The molecule has 0 radical (unpaired) electrons. The molecule has 0 aliphatic carbocycles. The zero-order valence-corrected chi connectivity index (χ0v) is 11.0. The van der Waals surface area contributed by atoms with Crippen molar-refractivity contribution in [1.82, 2.24) is 0 Å². The van der Waals surface area contributed by atoms with E-state index in [4.69, 9.17) is 15.6 Å². The van der Waals surface area contributed by atoms with Crippen LogP contribution in [0.25, 0.3) is 0 Å². The van der Waals surface area contributed by atoms with Gasteiger partial charge in [0, 0.05) is 13.7 Å². The lowest BCUT2D eigenvalue weighted by molar-refractivity contribution is -0.136. The fraction of sp³-hybridized carbons (Fsp3) is 0.462. The number of hydrogen-bond donors (Lipinski definition) is 2. The molecule has 0 fully saturated rings. The maximum Gasteiger partial charge on any atom is 0.258 e. The third kappa shape index (κ3) is 3.00. The molecule has 0 aromatic heterocycles. The van der Waals surface area contributed by atoms with Crippen molar-refractivity contribution in [3.8, 4) is 0 Å². The number of hydrogen-bond acceptors (Lipinski definition) is 4. The summed E-state index contributed by atoms with van der Waals surface area (Å²) in [7, 11) is 1.48. The molecular weight excluding hydrogens is 232 g/mol. The number of benzene rings is 1. The summed E-state index contributed by atoms with van der Waals surface area (Å²) in [6.45, 7) is 3.40. The number of methoxy groups -OCH3 is 1. The molecule has 18 heavy (non-hydrogen) atoms. The van der Waals surface area contributed by atoms with Crippen molar-refractivity contribution in [3.05, 3.63) is 24.3 Å². The molecule has 1 aromatic rings. The zero-order valence-electron chi connectivity index (χ0n) is 11.0. The predicted molar refractivity (Wildman–Crippen MR) is 71.4 cm³/mol. The number of carbonyl (C=O) groups excluding carboxylic acids is 1. The third-order valence-electron chi connectivity index (χ3n) is 2.82. The normalized spacial score (nSPS) is 11.3. The summed E-state index contributed by atoms with van der Waals surface area (Å²) in [4.78, 5) is 13.8. The number of carbonyl (C=O) groups is 1. The van der Waals surface area contributed by atoms with Crippen LogP contribution in [0.1, 0.15) is 13.8 Å². The van der Waals surface area contributed by atoms with Gasteiger partial charge in [-0.1, -0.05) is 12.1 Å². The van der Waals surface area contributed by atoms with E-state index in [-0.39, 0.29) is 19.1 Å². The van der Waals surface area contributed by atoms with Gasteiger partial charge in [-0.05, 0) is 26.0 Å². The first-order valence-electron chi connectivity index (χ1n) is 5.76. The monoisotopic (exact) mass is 252 g/mol. The highest BCUT2D eigenvalue weighted by molar-refractivity contribution is 6.01. The molecule has 1 rings (SSSR count). The summed E-state index contributed by atoms with van der Waals surface area (Å²) in [6.07, 6.45) is 0. The Labute approximate surface area is 107 Å². The topological polar surface area (TPSA) is 75.8 Å². The number of para-hydroxylation sites is 2. The van der Waals surface area contributed by atoms with Gasteiger partial charge in [-0.15, -0.1) is 0 Å². The Morgan fingerprint density at radius 2 is 2.06 bits per heavy atom. The van der Waals surface area contributed by atoms with E-state index in [2.05, 4.69) is 0 Å². The molecule has 0 heterocycles. The van der Waals surface area contributed by atoms with Gasteiger partial charge in [-0.3, -0.25) is 4.79 Å². The Balaban J connectivity index is 3.11. The second kappa shape index (κ2) is 5.84. The molecule has 0 bridgehead atoms. The highest BCUT2D eigenvalue weighted by atomic mass is 16.5. The number of nitrogens with zero attached hydrogens (tertiary/aromatic N) is 1. The first-order valence-corrected chi connectivity index (χ1v) is 5.76. The number of amides is 1. The van der Waals surface area contributed by atoms with Gasteiger partial charge < -0.3 is 20.5 Å². The molecule has 0 saturated carbocycles. The minimum atomic E-state index is -0.961. The van der Waals surface area contributed by atoms with Crippen molar-refractivity contribution >= 4 is 17.3 Å². The molecule has 1 aromatic carbocycles. The standard InChI is InChI=1S/C13H20N2O3/c1-13(2,18-3)12(17)15(8-9-16)11-7-5-4-6-10(11)14/h4-7,16H,8-9,14H2,1-3H3. The molecule has 0 aliphatic rings. The van der Waals surface area contributed by atoms with E-state index in [1.54, 1.807) is 38.1 Å². The summed E-state index contributed by atoms with van der Waals surface area (Å²) < 4.78 is 5.17. The molecule has 0 spiro atoms. The van der Waals surface area contributed by atoms with Crippen molar-refractivity contribution in [2.24, 2.45) is 0 Å². The summed E-state index contributed by atoms with van der Waals surface area (Å²) in [5, 5.41) is 9.10. The zero-order chi connectivity index (χ0) is 13.8. The Bertz CT molecular complexity index is 418. The van der Waals surface area contributed by atoms with Gasteiger partial charge in [0.15, 0.2) is 0 Å². The Hall–Kier alpha value is -1.59. The van der Waals surface area contributed by atoms with Gasteiger partial charge in [0.2, 0.25) is 0 Å².